The number of carbonyl (C=O) groups is 1. The highest BCUT2D eigenvalue weighted by molar-refractivity contribution is 5.85. The molecule has 0 radical (unpaired) electrons. The van der Waals surface area contributed by atoms with Crippen LogP contribution >= 0.6 is 0 Å². The first-order valence-corrected chi connectivity index (χ1v) is 5.37. The van der Waals surface area contributed by atoms with Crippen LogP contribution in [0.5, 0.6) is 0 Å². The number of aryl methyl sites for hydroxylation is 3. The van der Waals surface area contributed by atoms with Gasteiger partial charge in [-0.1, -0.05) is 11.6 Å². The van der Waals surface area contributed by atoms with Crippen LogP contribution in [-0.2, 0) is 11.2 Å². The molecule has 1 heterocycles. The second-order valence-corrected chi connectivity index (χ2v) is 4.17. The first-order valence-electron chi connectivity index (χ1n) is 5.37. The third-order valence-corrected chi connectivity index (χ3v) is 2.91. The first kappa shape index (κ1) is 10.7. The molecule has 0 saturated heterocycles. The van der Waals surface area contributed by atoms with Crippen LogP contribution < -0.4 is 0 Å². The topological polar surface area (TPSA) is 53.1 Å². The van der Waals surface area contributed by atoms with E-state index < -0.39 is 5.97 Å². The summed E-state index contributed by atoms with van der Waals surface area (Å²) in [6.45, 7) is 4.10. The van der Waals surface area contributed by atoms with Crippen molar-refractivity contribution >= 4 is 16.9 Å². The van der Waals surface area contributed by atoms with Crippen molar-refractivity contribution in [1.82, 2.24) is 4.98 Å². The molecule has 0 bridgehead atoms. The third kappa shape index (κ3) is 1.94. The second kappa shape index (κ2) is 4.00. The monoisotopic (exact) mass is 217 g/mol. The van der Waals surface area contributed by atoms with Gasteiger partial charge in [0.05, 0.1) is 6.42 Å². The van der Waals surface area contributed by atoms with E-state index in [0.29, 0.717) is 6.42 Å². The minimum atomic E-state index is -0.755. The molecule has 3 heteroatoms. The van der Waals surface area contributed by atoms with Crippen LogP contribution in [0.3, 0.4) is 0 Å². The van der Waals surface area contributed by atoms with Crippen LogP contribution in [0.4, 0.5) is 0 Å². The van der Waals surface area contributed by atoms with Crippen LogP contribution in [0, 0.1) is 13.8 Å². The number of carboxylic acids is 1. The second-order valence-electron chi connectivity index (χ2n) is 4.17. The molecule has 0 amide bonds. The number of rotatable bonds is 3. The average Bonchev–Trinajstić information content (AvgIpc) is 2.53. The van der Waals surface area contributed by atoms with Crippen molar-refractivity contribution in [2.75, 3.05) is 0 Å². The number of aromatic nitrogens is 1. The highest BCUT2D eigenvalue weighted by Crippen LogP contribution is 2.23. The van der Waals surface area contributed by atoms with E-state index in [1.54, 1.807) is 0 Å². The lowest BCUT2D eigenvalue weighted by molar-refractivity contribution is -0.136. The number of aromatic amines is 1. The molecular weight excluding hydrogens is 202 g/mol. The number of benzene rings is 1. The van der Waals surface area contributed by atoms with Gasteiger partial charge >= 0.3 is 5.97 Å². The Balaban J connectivity index is 2.40. The smallest absolute Gasteiger partial charge is 0.303 e. The van der Waals surface area contributed by atoms with Crippen LogP contribution in [0.25, 0.3) is 10.9 Å². The Morgan fingerprint density at radius 1 is 1.38 bits per heavy atom. The summed E-state index contributed by atoms with van der Waals surface area (Å²) in [7, 11) is 0. The van der Waals surface area contributed by atoms with E-state index in [0.717, 1.165) is 11.2 Å². The standard InChI is InChI=1S/C13H15NO2/c1-8-3-4-12-10(7-8)9(2)11(14-12)5-6-13(15)16/h3-4,7,14H,5-6H2,1-2H3,(H,15,16). The maximum absolute atomic E-state index is 10.5. The van der Waals surface area contributed by atoms with Crippen molar-refractivity contribution in [3.05, 3.63) is 35.0 Å². The Labute approximate surface area is 94.1 Å². The summed E-state index contributed by atoms with van der Waals surface area (Å²) < 4.78 is 0. The van der Waals surface area contributed by atoms with Crippen molar-refractivity contribution in [2.45, 2.75) is 26.7 Å². The van der Waals surface area contributed by atoms with Gasteiger partial charge < -0.3 is 10.1 Å². The zero-order valence-corrected chi connectivity index (χ0v) is 9.50. The summed E-state index contributed by atoms with van der Waals surface area (Å²) in [6.07, 6.45) is 0.738. The zero-order chi connectivity index (χ0) is 11.7. The molecule has 1 aromatic carbocycles. The summed E-state index contributed by atoms with van der Waals surface area (Å²) in [5, 5.41) is 9.87. The van der Waals surface area contributed by atoms with Gasteiger partial charge in [0, 0.05) is 16.6 Å². The van der Waals surface area contributed by atoms with Crippen molar-refractivity contribution in [3.8, 4) is 0 Å². The Kier molecular flexibility index (Phi) is 2.69. The molecule has 1 aromatic heterocycles. The zero-order valence-electron chi connectivity index (χ0n) is 9.50. The third-order valence-electron chi connectivity index (χ3n) is 2.91. The predicted molar refractivity (Wildman–Crippen MR) is 63.7 cm³/mol. The van der Waals surface area contributed by atoms with Crippen LogP contribution in [0.15, 0.2) is 18.2 Å². The number of fused-ring (bicyclic) bond motifs is 1. The lowest BCUT2D eigenvalue weighted by atomic mass is 10.1. The molecular formula is C13H15NO2. The summed E-state index contributed by atoms with van der Waals surface area (Å²) in [5.41, 5.74) is 4.51. The van der Waals surface area contributed by atoms with Crippen LogP contribution in [0.2, 0.25) is 0 Å². The van der Waals surface area contributed by atoms with Crippen LogP contribution in [-0.4, -0.2) is 16.1 Å². The fourth-order valence-electron chi connectivity index (χ4n) is 1.98. The molecule has 0 aliphatic carbocycles. The Hall–Kier alpha value is -1.77. The SMILES string of the molecule is Cc1ccc2[nH]c(CCC(=O)O)c(C)c2c1. The maximum Gasteiger partial charge on any atom is 0.303 e. The largest absolute Gasteiger partial charge is 0.481 e. The molecule has 84 valence electrons. The van der Waals surface area contributed by atoms with E-state index in [2.05, 4.69) is 24.0 Å². The number of aliphatic carboxylic acids is 1. The van der Waals surface area contributed by atoms with Gasteiger partial charge in [-0.15, -0.1) is 0 Å². The predicted octanol–water partition coefficient (Wildman–Crippen LogP) is 2.80. The molecule has 16 heavy (non-hydrogen) atoms. The fraction of sp³-hybridized carbons (Fsp3) is 0.308. The van der Waals surface area contributed by atoms with Crippen molar-refractivity contribution in [1.29, 1.82) is 0 Å². The molecule has 2 rings (SSSR count). The molecule has 0 aliphatic rings. The van der Waals surface area contributed by atoms with Gasteiger partial charge in [-0.25, -0.2) is 0 Å². The van der Waals surface area contributed by atoms with Gasteiger partial charge in [-0.2, -0.15) is 0 Å². The maximum atomic E-state index is 10.5. The minimum absolute atomic E-state index is 0.173. The number of nitrogens with one attached hydrogen (secondary N) is 1. The van der Waals surface area contributed by atoms with E-state index in [1.807, 2.05) is 13.0 Å². The molecule has 3 nitrogen and oxygen atoms in total. The summed E-state index contributed by atoms with van der Waals surface area (Å²) in [6, 6.07) is 6.23. The molecule has 0 saturated carbocycles. The number of carboxylic acid groups (broad SMARTS) is 1. The Bertz CT molecular complexity index is 540. The van der Waals surface area contributed by atoms with E-state index >= 15 is 0 Å². The molecule has 0 unspecified atom stereocenters. The highest BCUT2D eigenvalue weighted by atomic mass is 16.4. The normalized spacial score (nSPS) is 10.9. The van der Waals surface area contributed by atoms with Gasteiger partial charge in [-0.05, 0) is 38.0 Å². The fourth-order valence-corrected chi connectivity index (χ4v) is 1.98. The van der Waals surface area contributed by atoms with Crippen molar-refractivity contribution in [3.63, 3.8) is 0 Å². The molecule has 0 aliphatic heterocycles. The summed E-state index contributed by atoms with van der Waals surface area (Å²) >= 11 is 0. The van der Waals surface area contributed by atoms with E-state index in [-0.39, 0.29) is 6.42 Å². The van der Waals surface area contributed by atoms with E-state index in [1.165, 1.54) is 16.5 Å². The molecule has 0 atom stereocenters. The van der Waals surface area contributed by atoms with Crippen molar-refractivity contribution < 1.29 is 9.90 Å². The highest BCUT2D eigenvalue weighted by Gasteiger charge is 2.08. The average molecular weight is 217 g/mol. The van der Waals surface area contributed by atoms with Gasteiger partial charge in [0.1, 0.15) is 0 Å². The van der Waals surface area contributed by atoms with Gasteiger partial charge in [0.2, 0.25) is 0 Å². The number of H-pyrrole nitrogens is 1. The molecule has 2 aromatic rings. The van der Waals surface area contributed by atoms with E-state index in [9.17, 15) is 4.79 Å². The quantitative estimate of drug-likeness (QED) is 0.830. The molecule has 0 spiro atoms. The number of hydrogen-bond donors (Lipinski definition) is 2. The summed E-state index contributed by atoms with van der Waals surface area (Å²) in [5.74, 6) is -0.755. The first-order chi connectivity index (χ1) is 7.58. The van der Waals surface area contributed by atoms with E-state index in [4.69, 9.17) is 5.11 Å². The summed E-state index contributed by atoms with van der Waals surface area (Å²) in [4.78, 5) is 13.8. The Morgan fingerprint density at radius 3 is 2.81 bits per heavy atom. The lowest BCUT2D eigenvalue weighted by Gasteiger charge is -1.96. The molecule has 2 N–H and O–H groups in total. The van der Waals surface area contributed by atoms with Gasteiger partial charge in [0.15, 0.2) is 0 Å². The van der Waals surface area contributed by atoms with Gasteiger partial charge in [0.25, 0.3) is 0 Å². The lowest BCUT2D eigenvalue weighted by Crippen LogP contribution is -1.98. The molecule has 0 fully saturated rings. The Morgan fingerprint density at radius 2 is 2.12 bits per heavy atom. The van der Waals surface area contributed by atoms with Crippen LogP contribution in [0.1, 0.15) is 23.2 Å². The minimum Gasteiger partial charge on any atom is -0.481 e. The van der Waals surface area contributed by atoms with Crippen molar-refractivity contribution in [2.24, 2.45) is 0 Å². The van der Waals surface area contributed by atoms with Gasteiger partial charge in [-0.3, -0.25) is 4.79 Å². The number of hydrogen-bond acceptors (Lipinski definition) is 1.